The predicted molar refractivity (Wildman–Crippen MR) is 90.5 cm³/mol. The number of benzene rings is 2. The largest absolute Gasteiger partial charge is 0.478 e. The van der Waals surface area contributed by atoms with E-state index in [1.54, 1.807) is 12.1 Å². The number of fused-ring (bicyclic) bond motifs is 1. The van der Waals surface area contributed by atoms with E-state index >= 15 is 0 Å². The van der Waals surface area contributed by atoms with E-state index in [1.807, 2.05) is 35.8 Å². The van der Waals surface area contributed by atoms with E-state index < -0.39 is 5.97 Å². The van der Waals surface area contributed by atoms with Gasteiger partial charge >= 0.3 is 5.97 Å². The molecule has 0 aliphatic heterocycles. The van der Waals surface area contributed by atoms with E-state index in [4.69, 9.17) is 11.6 Å². The highest BCUT2D eigenvalue weighted by atomic mass is 127. The van der Waals surface area contributed by atoms with Crippen LogP contribution in [0.4, 0.5) is 0 Å². The van der Waals surface area contributed by atoms with Gasteiger partial charge in [-0.1, -0.05) is 17.7 Å². The Kier molecular flexibility index (Phi) is 3.62. The Balaban J connectivity index is 2.36. The minimum Gasteiger partial charge on any atom is -0.478 e. The van der Waals surface area contributed by atoms with Crippen molar-refractivity contribution in [2.75, 3.05) is 0 Å². The number of carbonyl (C=O) groups is 1. The third-order valence-electron chi connectivity index (χ3n) is 3.23. The van der Waals surface area contributed by atoms with Crippen molar-refractivity contribution < 1.29 is 9.90 Å². The normalized spacial score (nSPS) is 11.0. The van der Waals surface area contributed by atoms with E-state index in [2.05, 4.69) is 27.6 Å². The average molecular weight is 413 g/mol. The van der Waals surface area contributed by atoms with Gasteiger partial charge in [-0.25, -0.2) is 9.78 Å². The van der Waals surface area contributed by atoms with E-state index in [0.29, 0.717) is 16.4 Å². The van der Waals surface area contributed by atoms with Crippen LogP contribution in [-0.4, -0.2) is 20.6 Å². The molecule has 106 valence electrons. The minimum atomic E-state index is -0.987. The summed E-state index contributed by atoms with van der Waals surface area (Å²) in [5.74, 6) is -0.291. The van der Waals surface area contributed by atoms with Crippen molar-refractivity contribution in [3.63, 3.8) is 0 Å². The first-order valence-corrected chi connectivity index (χ1v) is 7.61. The van der Waals surface area contributed by atoms with E-state index in [0.717, 1.165) is 14.8 Å². The smallest absolute Gasteiger partial charge is 0.337 e. The second-order valence-corrected chi connectivity index (χ2v) is 6.22. The lowest BCUT2D eigenvalue weighted by Gasteiger charge is -2.09. The summed E-state index contributed by atoms with van der Waals surface area (Å²) < 4.78 is 2.91. The molecule has 0 saturated carbocycles. The highest BCUT2D eigenvalue weighted by molar-refractivity contribution is 14.1. The van der Waals surface area contributed by atoms with Crippen molar-refractivity contribution in [2.45, 2.75) is 6.92 Å². The van der Waals surface area contributed by atoms with Gasteiger partial charge in [0.2, 0.25) is 0 Å². The van der Waals surface area contributed by atoms with Gasteiger partial charge in [-0.05, 0) is 59.8 Å². The van der Waals surface area contributed by atoms with Crippen LogP contribution in [0.1, 0.15) is 16.2 Å². The zero-order valence-electron chi connectivity index (χ0n) is 11.0. The molecule has 0 saturated heterocycles. The number of carboxylic acids is 1. The molecule has 0 spiro atoms. The molecular formula is C15H10ClIN2O2. The summed E-state index contributed by atoms with van der Waals surface area (Å²) in [6.45, 7) is 1.83. The van der Waals surface area contributed by atoms with Gasteiger partial charge in [0.25, 0.3) is 0 Å². The lowest BCUT2D eigenvalue weighted by molar-refractivity contribution is 0.0699. The second kappa shape index (κ2) is 5.31. The molecule has 0 aliphatic rings. The Bertz CT molecular complexity index is 873. The number of halogens is 2. The lowest BCUT2D eigenvalue weighted by Crippen LogP contribution is -1.99. The Morgan fingerprint density at radius 2 is 2.10 bits per heavy atom. The van der Waals surface area contributed by atoms with Crippen LogP contribution in [0.25, 0.3) is 16.7 Å². The Morgan fingerprint density at radius 3 is 2.76 bits per heavy atom. The number of hydrogen-bond donors (Lipinski definition) is 1. The molecule has 1 aromatic heterocycles. The van der Waals surface area contributed by atoms with Crippen LogP contribution in [0.2, 0.25) is 5.02 Å². The number of para-hydroxylation sites is 1. The molecule has 6 heteroatoms. The fourth-order valence-corrected chi connectivity index (χ4v) is 3.30. The van der Waals surface area contributed by atoms with E-state index in [-0.39, 0.29) is 5.56 Å². The quantitative estimate of drug-likeness (QED) is 0.639. The zero-order valence-corrected chi connectivity index (χ0v) is 13.9. The molecule has 1 N–H and O–H groups in total. The standard InChI is InChI=1S/C15H10ClIN2O2/c1-8-18-14-10(15(20)21)3-2-4-13(14)19(8)12-6-5-9(17)7-11(12)16/h2-7H,1H3,(H,20,21). The van der Waals surface area contributed by atoms with Gasteiger partial charge < -0.3 is 5.11 Å². The number of imidazole rings is 1. The number of rotatable bonds is 2. The predicted octanol–water partition coefficient (Wildman–Crippen LogP) is 4.29. The SMILES string of the molecule is Cc1nc2c(C(=O)O)cccc2n1-c1ccc(I)cc1Cl. The Morgan fingerprint density at radius 1 is 1.33 bits per heavy atom. The fourth-order valence-electron chi connectivity index (χ4n) is 2.35. The molecule has 0 fully saturated rings. The maximum Gasteiger partial charge on any atom is 0.337 e. The number of carboxylic acid groups (broad SMARTS) is 1. The van der Waals surface area contributed by atoms with Crippen molar-refractivity contribution >= 4 is 51.2 Å². The molecule has 0 radical (unpaired) electrons. The summed E-state index contributed by atoms with van der Waals surface area (Å²) in [7, 11) is 0. The number of nitrogens with zero attached hydrogens (tertiary/aromatic N) is 2. The molecular weight excluding hydrogens is 403 g/mol. The molecule has 21 heavy (non-hydrogen) atoms. The average Bonchev–Trinajstić information content (AvgIpc) is 2.74. The topological polar surface area (TPSA) is 55.1 Å². The van der Waals surface area contributed by atoms with Crippen LogP contribution in [0, 0.1) is 10.5 Å². The molecule has 0 bridgehead atoms. The van der Waals surface area contributed by atoms with Gasteiger partial charge in [-0.2, -0.15) is 0 Å². The summed E-state index contributed by atoms with van der Waals surface area (Å²) in [5.41, 5.74) is 2.18. The van der Waals surface area contributed by atoms with Crippen molar-refractivity contribution in [2.24, 2.45) is 0 Å². The van der Waals surface area contributed by atoms with Gasteiger partial charge in [0.05, 0.1) is 21.8 Å². The Labute approximate surface area is 139 Å². The summed E-state index contributed by atoms with van der Waals surface area (Å²) in [6.07, 6.45) is 0. The molecule has 0 aliphatic carbocycles. The molecule has 3 aromatic rings. The molecule has 0 amide bonds. The monoisotopic (exact) mass is 412 g/mol. The van der Waals surface area contributed by atoms with Crippen LogP contribution in [0.3, 0.4) is 0 Å². The molecule has 0 unspecified atom stereocenters. The molecule has 4 nitrogen and oxygen atoms in total. The van der Waals surface area contributed by atoms with Crippen LogP contribution in [0.5, 0.6) is 0 Å². The maximum absolute atomic E-state index is 11.3. The summed E-state index contributed by atoms with van der Waals surface area (Å²) in [6, 6.07) is 10.8. The van der Waals surface area contributed by atoms with Crippen molar-refractivity contribution in [3.8, 4) is 5.69 Å². The first-order chi connectivity index (χ1) is 9.99. The number of hydrogen-bond acceptors (Lipinski definition) is 2. The van der Waals surface area contributed by atoms with E-state index in [9.17, 15) is 9.90 Å². The number of aromatic nitrogens is 2. The summed E-state index contributed by atoms with van der Waals surface area (Å²) in [5, 5.41) is 9.87. The first-order valence-electron chi connectivity index (χ1n) is 6.16. The summed E-state index contributed by atoms with van der Waals surface area (Å²) >= 11 is 8.52. The third-order valence-corrected chi connectivity index (χ3v) is 4.21. The van der Waals surface area contributed by atoms with Crippen molar-refractivity contribution in [3.05, 3.63) is 56.4 Å². The van der Waals surface area contributed by atoms with Gasteiger partial charge in [0.15, 0.2) is 0 Å². The highest BCUT2D eigenvalue weighted by Gasteiger charge is 2.17. The summed E-state index contributed by atoms with van der Waals surface area (Å²) in [4.78, 5) is 15.7. The fraction of sp³-hybridized carbons (Fsp3) is 0.0667. The Hall–Kier alpha value is -1.60. The number of aromatic carboxylic acids is 1. The minimum absolute atomic E-state index is 0.191. The highest BCUT2D eigenvalue weighted by Crippen LogP contribution is 2.29. The number of aryl methyl sites for hydroxylation is 1. The second-order valence-electron chi connectivity index (χ2n) is 4.57. The van der Waals surface area contributed by atoms with Gasteiger partial charge in [0.1, 0.15) is 11.3 Å². The van der Waals surface area contributed by atoms with Crippen molar-refractivity contribution in [1.82, 2.24) is 9.55 Å². The van der Waals surface area contributed by atoms with Crippen LogP contribution < -0.4 is 0 Å². The van der Waals surface area contributed by atoms with E-state index in [1.165, 1.54) is 0 Å². The molecule has 0 atom stereocenters. The maximum atomic E-state index is 11.3. The third kappa shape index (κ3) is 2.40. The van der Waals surface area contributed by atoms with Crippen LogP contribution in [-0.2, 0) is 0 Å². The molecule has 2 aromatic carbocycles. The molecule has 3 rings (SSSR count). The van der Waals surface area contributed by atoms with Crippen LogP contribution in [0.15, 0.2) is 36.4 Å². The van der Waals surface area contributed by atoms with Gasteiger partial charge in [-0.15, -0.1) is 0 Å². The lowest BCUT2D eigenvalue weighted by atomic mass is 10.2. The van der Waals surface area contributed by atoms with Crippen molar-refractivity contribution in [1.29, 1.82) is 0 Å². The van der Waals surface area contributed by atoms with Gasteiger partial charge in [-0.3, -0.25) is 4.57 Å². The molecule has 1 heterocycles. The van der Waals surface area contributed by atoms with Crippen LogP contribution >= 0.6 is 34.2 Å². The zero-order chi connectivity index (χ0) is 15.1. The van der Waals surface area contributed by atoms with Gasteiger partial charge in [0, 0.05) is 3.57 Å². The first kappa shape index (κ1) is 14.3.